The quantitative estimate of drug-likeness (QED) is 0.264. The van der Waals surface area contributed by atoms with Crippen LogP contribution in [0.5, 0.6) is 5.75 Å². The Morgan fingerprint density at radius 3 is 2.29 bits per heavy atom. The van der Waals surface area contributed by atoms with E-state index < -0.39 is 27.1 Å². The second kappa shape index (κ2) is 11.0. The van der Waals surface area contributed by atoms with Gasteiger partial charge in [0.1, 0.15) is 12.4 Å². The van der Waals surface area contributed by atoms with E-state index in [1.165, 1.54) is 6.07 Å². The average Bonchev–Trinajstić information content (AvgIpc) is 2.82. The standard InChI is InChI=1S/C23H19ClN4O6/c1-15(17-5-10-21(11-6-17)34-14-16-2-7-19(24)8-3-16)25-26-23(29)12-18-4-9-20(27(30)31)13-22(18)28(32)33/h2-11,13H,12,14H2,1H3,(H,26,29). The van der Waals surface area contributed by atoms with Crippen LogP contribution >= 0.6 is 11.6 Å². The van der Waals surface area contributed by atoms with E-state index >= 15 is 0 Å². The average molecular weight is 483 g/mol. The fraction of sp³-hybridized carbons (Fsp3) is 0.130. The molecule has 1 amide bonds. The molecule has 0 saturated carbocycles. The number of benzene rings is 3. The number of nitro benzene ring substituents is 2. The van der Waals surface area contributed by atoms with E-state index in [4.69, 9.17) is 16.3 Å². The van der Waals surface area contributed by atoms with Gasteiger partial charge in [0.15, 0.2) is 0 Å². The first-order valence-electron chi connectivity index (χ1n) is 9.95. The lowest BCUT2D eigenvalue weighted by atomic mass is 10.1. The summed E-state index contributed by atoms with van der Waals surface area (Å²) >= 11 is 5.87. The Bertz CT molecular complexity index is 1240. The van der Waals surface area contributed by atoms with Gasteiger partial charge in [-0.1, -0.05) is 23.7 Å². The molecular formula is C23H19ClN4O6. The number of halogens is 1. The van der Waals surface area contributed by atoms with Crippen LogP contribution in [0.3, 0.4) is 0 Å². The van der Waals surface area contributed by atoms with Gasteiger partial charge in [-0.3, -0.25) is 25.0 Å². The van der Waals surface area contributed by atoms with Crippen molar-refractivity contribution in [2.75, 3.05) is 0 Å². The van der Waals surface area contributed by atoms with E-state index in [2.05, 4.69) is 10.5 Å². The zero-order valence-corrected chi connectivity index (χ0v) is 18.7. The highest BCUT2D eigenvalue weighted by molar-refractivity contribution is 6.30. The third kappa shape index (κ3) is 6.59. The summed E-state index contributed by atoms with van der Waals surface area (Å²) in [6.45, 7) is 2.08. The van der Waals surface area contributed by atoms with Gasteiger partial charge in [-0.05, 0) is 60.5 Å². The number of ether oxygens (including phenoxy) is 1. The van der Waals surface area contributed by atoms with Gasteiger partial charge < -0.3 is 4.74 Å². The van der Waals surface area contributed by atoms with Gasteiger partial charge in [0.05, 0.1) is 28.0 Å². The van der Waals surface area contributed by atoms with Gasteiger partial charge in [-0.2, -0.15) is 5.10 Å². The molecule has 0 fully saturated rings. The zero-order chi connectivity index (χ0) is 24.7. The summed E-state index contributed by atoms with van der Waals surface area (Å²) < 4.78 is 5.74. The van der Waals surface area contributed by atoms with Crippen molar-refractivity contribution in [3.63, 3.8) is 0 Å². The second-order valence-electron chi connectivity index (χ2n) is 7.18. The van der Waals surface area contributed by atoms with E-state index in [1.807, 2.05) is 12.1 Å². The Kier molecular flexibility index (Phi) is 7.88. The Hall–Kier alpha value is -4.31. The number of amides is 1. The summed E-state index contributed by atoms with van der Waals surface area (Å²) in [7, 11) is 0. The molecule has 0 aromatic heterocycles. The van der Waals surface area contributed by atoms with Crippen molar-refractivity contribution in [1.82, 2.24) is 5.43 Å². The SMILES string of the molecule is CC(=NNC(=O)Cc1ccc([N+](=O)[O-])cc1[N+](=O)[O-])c1ccc(OCc2ccc(Cl)cc2)cc1. The number of non-ortho nitro benzene ring substituents is 1. The van der Waals surface area contributed by atoms with E-state index in [1.54, 1.807) is 43.3 Å². The predicted molar refractivity (Wildman–Crippen MR) is 126 cm³/mol. The minimum Gasteiger partial charge on any atom is -0.489 e. The molecule has 3 rings (SSSR count). The molecule has 0 aliphatic rings. The van der Waals surface area contributed by atoms with Crippen molar-refractivity contribution >= 4 is 34.6 Å². The number of carbonyl (C=O) groups excluding carboxylic acids is 1. The van der Waals surface area contributed by atoms with Gasteiger partial charge in [-0.15, -0.1) is 0 Å². The fourth-order valence-corrected chi connectivity index (χ4v) is 3.07. The highest BCUT2D eigenvalue weighted by atomic mass is 35.5. The minimum atomic E-state index is -0.763. The Morgan fingerprint density at radius 2 is 1.68 bits per heavy atom. The summed E-state index contributed by atoms with van der Waals surface area (Å²) in [5.74, 6) is 0.0558. The van der Waals surface area contributed by atoms with E-state index in [9.17, 15) is 25.0 Å². The van der Waals surface area contributed by atoms with Crippen LogP contribution in [0.2, 0.25) is 5.02 Å². The normalized spacial score (nSPS) is 11.1. The monoisotopic (exact) mass is 482 g/mol. The lowest BCUT2D eigenvalue weighted by Crippen LogP contribution is -2.21. The summed E-state index contributed by atoms with van der Waals surface area (Å²) in [6, 6.07) is 17.6. The van der Waals surface area contributed by atoms with Crippen molar-refractivity contribution in [2.24, 2.45) is 5.10 Å². The summed E-state index contributed by atoms with van der Waals surface area (Å²) in [5, 5.41) is 26.7. The minimum absolute atomic E-state index is 0.0446. The van der Waals surface area contributed by atoms with Gasteiger partial charge in [0.2, 0.25) is 5.91 Å². The Labute approximate surface area is 199 Å². The van der Waals surface area contributed by atoms with Crippen LogP contribution in [0.4, 0.5) is 11.4 Å². The molecule has 34 heavy (non-hydrogen) atoms. The molecule has 11 heteroatoms. The Balaban J connectivity index is 1.59. The number of rotatable bonds is 9. The maximum absolute atomic E-state index is 12.2. The topological polar surface area (TPSA) is 137 Å². The van der Waals surface area contributed by atoms with Crippen LogP contribution < -0.4 is 10.2 Å². The molecule has 0 radical (unpaired) electrons. The van der Waals surface area contributed by atoms with Crippen LogP contribution in [-0.4, -0.2) is 21.5 Å². The molecule has 0 atom stereocenters. The second-order valence-corrected chi connectivity index (χ2v) is 7.61. The molecule has 1 N–H and O–H groups in total. The smallest absolute Gasteiger partial charge is 0.279 e. The molecular weight excluding hydrogens is 464 g/mol. The van der Waals surface area contributed by atoms with Crippen LogP contribution in [0.25, 0.3) is 0 Å². The van der Waals surface area contributed by atoms with Crippen LogP contribution in [-0.2, 0) is 17.8 Å². The first-order chi connectivity index (χ1) is 16.2. The molecule has 3 aromatic rings. The van der Waals surface area contributed by atoms with Crippen LogP contribution in [0.1, 0.15) is 23.6 Å². The Morgan fingerprint density at radius 1 is 1.00 bits per heavy atom. The fourth-order valence-electron chi connectivity index (χ4n) is 2.95. The largest absolute Gasteiger partial charge is 0.489 e. The first kappa shape index (κ1) is 24.3. The van der Waals surface area contributed by atoms with Crippen molar-refractivity contribution in [3.8, 4) is 5.75 Å². The molecule has 0 heterocycles. The number of nitro groups is 2. The number of nitrogens with one attached hydrogen (secondary N) is 1. The lowest BCUT2D eigenvalue weighted by molar-refractivity contribution is -0.394. The molecule has 0 aliphatic carbocycles. The van der Waals surface area contributed by atoms with E-state index in [0.29, 0.717) is 23.1 Å². The predicted octanol–water partition coefficient (Wildman–Crippen LogP) is 4.82. The number of hydrogen-bond donors (Lipinski definition) is 1. The molecule has 0 bridgehead atoms. The lowest BCUT2D eigenvalue weighted by Gasteiger charge is -2.08. The third-order valence-corrected chi connectivity index (χ3v) is 5.02. The zero-order valence-electron chi connectivity index (χ0n) is 17.9. The molecule has 10 nitrogen and oxygen atoms in total. The molecule has 3 aromatic carbocycles. The van der Waals surface area contributed by atoms with Crippen molar-refractivity contribution in [3.05, 3.63) is 109 Å². The molecule has 174 valence electrons. The molecule has 0 unspecified atom stereocenters. The third-order valence-electron chi connectivity index (χ3n) is 4.77. The van der Waals surface area contributed by atoms with Crippen molar-refractivity contribution in [2.45, 2.75) is 20.0 Å². The number of carbonyl (C=O) groups is 1. The van der Waals surface area contributed by atoms with E-state index in [-0.39, 0.29) is 12.0 Å². The van der Waals surface area contributed by atoms with Crippen molar-refractivity contribution in [1.29, 1.82) is 0 Å². The number of nitrogens with zero attached hydrogens (tertiary/aromatic N) is 3. The first-order valence-corrected chi connectivity index (χ1v) is 10.3. The van der Waals surface area contributed by atoms with Gasteiger partial charge in [0.25, 0.3) is 11.4 Å². The summed E-state index contributed by atoms with van der Waals surface area (Å²) in [4.78, 5) is 32.8. The summed E-state index contributed by atoms with van der Waals surface area (Å²) in [5.41, 5.74) is 3.69. The maximum Gasteiger partial charge on any atom is 0.279 e. The van der Waals surface area contributed by atoms with Gasteiger partial charge >= 0.3 is 0 Å². The molecule has 0 aliphatic heterocycles. The highest BCUT2D eigenvalue weighted by Gasteiger charge is 2.21. The van der Waals surface area contributed by atoms with Gasteiger partial charge in [-0.25, -0.2) is 5.43 Å². The molecule has 0 saturated heterocycles. The maximum atomic E-state index is 12.2. The summed E-state index contributed by atoms with van der Waals surface area (Å²) in [6.07, 6.45) is -0.359. The van der Waals surface area contributed by atoms with Crippen LogP contribution in [0.15, 0.2) is 71.8 Å². The number of hydrogen-bond acceptors (Lipinski definition) is 7. The molecule has 0 spiro atoms. The van der Waals surface area contributed by atoms with E-state index in [0.717, 1.165) is 23.3 Å². The van der Waals surface area contributed by atoms with Crippen molar-refractivity contribution < 1.29 is 19.4 Å². The van der Waals surface area contributed by atoms with Gasteiger partial charge in [0, 0.05) is 16.7 Å². The van der Waals surface area contributed by atoms with Crippen LogP contribution in [0, 0.1) is 20.2 Å². The highest BCUT2D eigenvalue weighted by Crippen LogP contribution is 2.25. The number of hydrazone groups is 1.